The van der Waals surface area contributed by atoms with Crippen LogP contribution in [0.25, 0.3) is 0 Å². The van der Waals surface area contributed by atoms with E-state index in [4.69, 9.17) is 14.2 Å². The molecule has 0 amide bonds. The normalized spacial score (nSPS) is 13.0. The van der Waals surface area contributed by atoms with E-state index in [-0.39, 0.29) is 37.5 Å². The zero-order chi connectivity index (χ0) is 52.9. The fourth-order valence-electron chi connectivity index (χ4n) is 7.99. The van der Waals surface area contributed by atoms with Crippen molar-refractivity contribution in [2.75, 3.05) is 13.2 Å². The van der Waals surface area contributed by atoms with E-state index in [0.717, 1.165) is 109 Å². The van der Waals surface area contributed by atoms with Crippen LogP contribution in [-0.2, 0) is 28.6 Å². The van der Waals surface area contributed by atoms with Crippen LogP contribution < -0.4 is 0 Å². The summed E-state index contributed by atoms with van der Waals surface area (Å²) in [5.41, 5.74) is 0. The molecule has 0 saturated heterocycles. The number of allylic oxidation sites excluding steroid dienone is 20. The average molecular weight is 1010 g/mol. The molecule has 0 aliphatic carbocycles. The molecule has 0 rings (SSSR count). The van der Waals surface area contributed by atoms with Gasteiger partial charge in [-0.05, 0) is 122 Å². The van der Waals surface area contributed by atoms with Gasteiger partial charge in [-0.15, -0.1) is 0 Å². The second-order valence-electron chi connectivity index (χ2n) is 19.5. The maximum absolute atomic E-state index is 12.8. The van der Waals surface area contributed by atoms with Gasteiger partial charge in [0.2, 0.25) is 0 Å². The highest BCUT2D eigenvalue weighted by molar-refractivity contribution is 5.71. The first-order valence-electron chi connectivity index (χ1n) is 30.0. The van der Waals surface area contributed by atoms with E-state index in [2.05, 4.69) is 142 Å². The summed E-state index contributed by atoms with van der Waals surface area (Å²) in [6.45, 7) is 6.33. The maximum Gasteiger partial charge on any atom is 0.306 e. The predicted octanol–water partition coefficient (Wildman–Crippen LogP) is 20.4. The Labute approximate surface area is 450 Å². The minimum Gasteiger partial charge on any atom is -0.462 e. The molecule has 1 atom stereocenters. The SMILES string of the molecule is CC/C=C\C/C=C\C/C=C\C/C=C\C/C=C\CCCC(=O)OC(COC(=O)CCCCC/C=C\C/C=C\C/C=C\CC)COC(=O)CCCCCCCCCCCCCCC/C=C\C/C=C\CCCCCCC. The van der Waals surface area contributed by atoms with Gasteiger partial charge in [0.05, 0.1) is 0 Å². The Hall–Kier alpha value is -4.19. The molecule has 0 fully saturated rings. The number of unbranched alkanes of at least 4 members (excludes halogenated alkanes) is 22. The van der Waals surface area contributed by atoms with Crippen molar-refractivity contribution in [1.82, 2.24) is 0 Å². The topological polar surface area (TPSA) is 78.9 Å². The van der Waals surface area contributed by atoms with Crippen molar-refractivity contribution in [2.24, 2.45) is 0 Å². The summed E-state index contributed by atoms with van der Waals surface area (Å²) in [5, 5.41) is 0. The zero-order valence-corrected chi connectivity index (χ0v) is 47.4. The quantitative estimate of drug-likeness (QED) is 0.0261. The number of rotatable bonds is 53. The van der Waals surface area contributed by atoms with E-state index < -0.39 is 6.10 Å². The molecule has 6 nitrogen and oxygen atoms in total. The summed E-state index contributed by atoms with van der Waals surface area (Å²) in [6.07, 6.45) is 83.6. The van der Waals surface area contributed by atoms with Crippen LogP contribution in [0.2, 0.25) is 0 Å². The smallest absolute Gasteiger partial charge is 0.306 e. The largest absolute Gasteiger partial charge is 0.462 e. The van der Waals surface area contributed by atoms with Gasteiger partial charge >= 0.3 is 17.9 Å². The average Bonchev–Trinajstić information content (AvgIpc) is 3.39. The molecule has 0 aromatic heterocycles. The fraction of sp³-hybridized carbons (Fsp3) is 0.657. The van der Waals surface area contributed by atoms with Gasteiger partial charge in [-0.25, -0.2) is 0 Å². The van der Waals surface area contributed by atoms with Crippen molar-refractivity contribution >= 4 is 17.9 Å². The van der Waals surface area contributed by atoms with Crippen LogP contribution in [-0.4, -0.2) is 37.2 Å². The second kappa shape index (κ2) is 60.4. The fourth-order valence-corrected chi connectivity index (χ4v) is 7.99. The first-order chi connectivity index (χ1) is 36.0. The molecule has 0 N–H and O–H groups in total. The predicted molar refractivity (Wildman–Crippen MR) is 316 cm³/mol. The molecule has 0 saturated carbocycles. The lowest BCUT2D eigenvalue weighted by Crippen LogP contribution is -2.30. The summed E-state index contributed by atoms with van der Waals surface area (Å²) in [4.78, 5) is 38.2. The Kier molecular flexibility index (Phi) is 56.9. The Bertz CT molecular complexity index is 1540. The lowest BCUT2D eigenvalue weighted by molar-refractivity contribution is -0.167. The molecule has 0 aromatic carbocycles. The van der Waals surface area contributed by atoms with Crippen molar-refractivity contribution in [3.05, 3.63) is 122 Å². The third-order valence-corrected chi connectivity index (χ3v) is 12.4. The standard InChI is InChI=1S/C67H110O6/c1-4-7-10-13-16-19-22-25-27-29-30-31-32-33-34-35-36-38-39-42-45-48-51-54-57-60-66(69)72-63-64(62-71-65(68)59-56-53-50-47-44-41-24-21-18-15-12-9-6-3)73-67(70)61-58-55-52-49-46-43-40-37-28-26-23-20-17-14-11-8-5-2/h8-9,11-12,17-18,20-22,25-26,28-30,40-41,43-44,49,52,64H,4-7,10,13-16,19,23-24,27,31-39,42,45-48,50-51,53-63H2,1-3H3/b11-8-,12-9-,20-17-,21-18-,25-22-,28-26-,30-29-,43-40-,44-41-,52-49-. The molecule has 6 heteroatoms. The number of ether oxygens (including phenoxy) is 3. The molecule has 0 aliphatic heterocycles. The van der Waals surface area contributed by atoms with Crippen LogP contribution in [0.1, 0.15) is 265 Å². The molecule has 73 heavy (non-hydrogen) atoms. The number of carbonyl (C=O) groups is 3. The van der Waals surface area contributed by atoms with E-state index >= 15 is 0 Å². The number of hydrogen-bond acceptors (Lipinski definition) is 6. The molecule has 414 valence electrons. The van der Waals surface area contributed by atoms with Gasteiger partial charge in [-0.3, -0.25) is 14.4 Å². The first-order valence-corrected chi connectivity index (χ1v) is 30.0. The molecule has 1 unspecified atom stereocenters. The van der Waals surface area contributed by atoms with E-state index in [1.807, 2.05) is 0 Å². The monoisotopic (exact) mass is 1010 g/mol. The van der Waals surface area contributed by atoms with Gasteiger partial charge in [0, 0.05) is 19.3 Å². The van der Waals surface area contributed by atoms with Crippen molar-refractivity contribution in [2.45, 2.75) is 271 Å². The van der Waals surface area contributed by atoms with Crippen LogP contribution in [0.15, 0.2) is 122 Å². The minimum absolute atomic E-state index is 0.113. The minimum atomic E-state index is -0.824. The summed E-state index contributed by atoms with van der Waals surface area (Å²) >= 11 is 0. The van der Waals surface area contributed by atoms with Crippen LogP contribution in [0.4, 0.5) is 0 Å². The lowest BCUT2D eigenvalue weighted by atomic mass is 10.0. The molecule has 0 spiro atoms. The summed E-state index contributed by atoms with van der Waals surface area (Å²) in [6, 6.07) is 0. The van der Waals surface area contributed by atoms with E-state index in [0.29, 0.717) is 19.3 Å². The highest BCUT2D eigenvalue weighted by Gasteiger charge is 2.19. The lowest BCUT2D eigenvalue weighted by Gasteiger charge is -2.18. The van der Waals surface area contributed by atoms with Crippen LogP contribution in [0, 0.1) is 0 Å². The Morgan fingerprint density at radius 3 is 0.890 bits per heavy atom. The van der Waals surface area contributed by atoms with Gasteiger partial charge < -0.3 is 14.2 Å². The van der Waals surface area contributed by atoms with Gasteiger partial charge in [-0.1, -0.05) is 245 Å². The number of carbonyl (C=O) groups excluding carboxylic acids is 3. The molecule has 0 aliphatic rings. The summed E-state index contributed by atoms with van der Waals surface area (Å²) in [7, 11) is 0. The van der Waals surface area contributed by atoms with Crippen molar-refractivity contribution in [3.63, 3.8) is 0 Å². The second-order valence-corrected chi connectivity index (χ2v) is 19.5. The van der Waals surface area contributed by atoms with Crippen molar-refractivity contribution in [1.29, 1.82) is 0 Å². The van der Waals surface area contributed by atoms with Gasteiger partial charge in [0.25, 0.3) is 0 Å². The van der Waals surface area contributed by atoms with Crippen LogP contribution >= 0.6 is 0 Å². The third kappa shape index (κ3) is 58.6. The number of hydrogen-bond donors (Lipinski definition) is 0. The molecule has 0 aromatic rings. The van der Waals surface area contributed by atoms with Crippen LogP contribution in [0.3, 0.4) is 0 Å². The number of esters is 3. The van der Waals surface area contributed by atoms with Crippen molar-refractivity contribution in [3.8, 4) is 0 Å². The summed E-state index contributed by atoms with van der Waals surface area (Å²) < 4.78 is 16.8. The highest BCUT2D eigenvalue weighted by atomic mass is 16.6. The van der Waals surface area contributed by atoms with E-state index in [9.17, 15) is 14.4 Å². The highest BCUT2D eigenvalue weighted by Crippen LogP contribution is 2.15. The van der Waals surface area contributed by atoms with Gasteiger partial charge in [0.1, 0.15) is 13.2 Å². The molecule has 0 bridgehead atoms. The molecule has 0 radical (unpaired) electrons. The third-order valence-electron chi connectivity index (χ3n) is 12.4. The van der Waals surface area contributed by atoms with Gasteiger partial charge in [-0.2, -0.15) is 0 Å². The first kappa shape index (κ1) is 68.8. The zero-order valence-electron chi connectivity index (χ0n) is 47.4. The maximum atomic E-state index is 12.8. The van der Waals surface area contributed by atoms with Crippen molar-refractivity contribution < 1.29 is 28.6 Å². The molecular weight excluding hydrogens is 901 g/mol. The molecule has 0 heterocycles. The Balaban J connectivity index is 4.39. The van der Waals surface area contributed by atoms with E-state index in [1.165, 1.54) is 109 Å². The Morgan fingerprint density at radius 2 is 0.548 bits per heavy atom. The Morgan fingerprint density at radius 1 is 0.288 bits per heavy atom. The van der Waals surface area contributed by atoms with Crippen LogP contribution in [0.5, 0.6) is 0 Å². The molecular formula is C67H110O6. The summed E-state index contributed by atoms with van der Waals surface area (Å²) in [5.74, 6) is -1.00. The van der Waals surface area contributed by atoms with Gasteiger partial charge in [0.15, 0.2) is 6.10 Å². The van der Waals surface area contributed by atoms with E-state index in [1.54, 1.807) is 0 Å².